The zero-order valence-electron chi connectivity index (χ0n) is 9.90. The largest absolute Gasteiger partial charge is 0.337 e. The van der Waals surface area contributed by atoms with Gasteiger partial charge in [-0.05, 0) is 37.1 Å². The Morgan fingerprint density at radius 2 is 2.33 bits per heavy atom. The van der Waals surface area contributed by atoms with Crippen LogP contribution >= 0.6 is 11.6 Å². The molecule has 5 nitrogen and oxygen atoms in total. The minimum atomic E-state index is 0.155. The average molecular weight is 265 g/mol. The molecule has 0 saturated heterocycles. The molecule has 18 heavy (non-hydrogen) atoms. The van der Waals surface area contributed by atoms with Crippen molar-refractivity contribution in [1.29, 1.82) is 0 Å². The quantitative estimate of drug-likeness (QED) is 0.871. The lowest BCUT2D eigenvalue weighted by molar-refractivity contribution is -0.116. The third kappa shape index (κ3) is 3.30. The predicted molar refractivity (Wildman–Crippen MR) is 70.1 cm³/mol. The van der Waals surface area contributed by atoms with Crippen molar-refractivity contribution in [1.82, 2.24) is 15.4 Å². The van der Waals surface area contributed by atoms with E-state index in [-0.39, 0.29) is 5.78 Å². The monoisotopic (exact) mass is 264 g/mol. The van der Waals surface area contributed by atoms with Crippen LogP contribution in [0.1, 0.15) is 18.9 Å². The standard InChI is InChI=1S/C12H13ClN4O/c1-8(18)2-3-9-6-10(13)4-5-11(9)15-12-7-14-17-16-12/h4-7H,2-3H2,1H3,(H2,14,15,16,17). The molecule has 0 saturated carbocycles. The molecule has 0 aliphatic carbocycles. The van der Waals surface area contributed by atoms with Gasteiger partial charge in [-0.2, -0.15) is 10.3 Å². The molecule has 1 aromatic heterocycles. The number of ketones is 1. The molecule has 0 aliphatic rings. The maximum absolute atomic E-state index is 11.0. The summed E-state index contributed by atoms with van der Waals surface area (Å²) in [6, 6.07) is 5.51. The van der Waals surface area contributed by atoms with Crippen molar-refractivity contribution in [3.8, 4) is 0 Å². The second kappa shape index (κ2) is 5.64. The number of carbonyl (C=O) groups excluding carboxylic acids is 1. The number of aryl methyl sites for hydroxylation is 1. The number of carbonyl (C=O) groups is 1. The van der Waals surface area contributed by atoms with Crippen molar-refractivity contribution >= 4 is 28.9 Å². The van der Waals surface area contributed by atoms with Gasteiger partial charge in [0.2, 0.25) is 0 Å². The van der Waals surface area contributed by atoms with Crippen LogP contribution in [0.5, 0.6) is 0 Å². The minimum Gasteiger partial charge on any atom is -0.337 e. The molecule has 2 N–H and O–H groups in total. The van der Waals surface area contributed by atoms with Gasteiger partial charge in [0.05, 0.1) is 6.20 Å². The fourth-order valence-corrected chi connectivity index (χ4v) is 1.80. The maximum Gasteiger partial charge on any atom is 0.172 e. The van der Waals surface area contributed by atoms with Crippen molar-refractivity contribution in [2.45, 2.75) is 19.8 Å². The van der Waals surface area contributed by atoms with Gasteiger partial charge in [0.1, 0.15) is 5.78 Å². The highest BCUT2D eigenvalue weighted by Crippen LogP contribution is 2.24. The topological polar surface area (TPSA) is 70.7 Å². The average Bonchev–Trinajstić information content (AvgIpc) is 2.82. The normalized spacial score (nSPS) is 10.3. The number of nitrogens with one attached hydrogen (secondary N) is 2. The molecular formula is C12H13ClN4O. The molecular weight excluding hydrogens is 252 g/mol. The van der Waals surface area contributed by atoms with Gasteiger partial charge in [-0.15, -0.1) is 5.10 Å². The molecule has 0 radical (unpaired) electrons. The fraction of sp³-hybridized carbons (Fsp3) is 0.250. The summed E-state index contributed by atoms with van der Waals surface area (Å²) >= 11 is 5.97. The van der Waals surface area contributed by atoms with E-state index in [0.29, 0.717) is 23.7 Å². The second-order valence-corrected chi connectivity index (χ2v) is 4.42. The van der Waals surface area contributed by atoms with Crippen molar-refractivity contribution in [3.63, 3.8) is 0 Å². The lowest BCUT2D eigenvalue weighted by atomic mass is 10.1. The van der Waals surface area contributed by atoms with Crippen LogP contribution in [0.15, 0.2) is 24.4 Å². The molecule has 0 spiro atoms. The SMILES string of the molecule is CC(=O)CCc1cc(Cl)ccc1Nc1cn[nH]n1. The molecule has 0 fully saturated rings. The number of halogens is 1. The third-order valence-corrected chi connectivity index (χ3v) is 2.73. The number of hydrogen-bond donors (Lipinski definition) is 2. The number of benzene rings is 1. The first-order valence-electron chi connectivity index (χ1n) is 5.56. The molecule has 1 aromatic carbocycles. The van der Waals surface area contributed by atoms with Crippen molar-refractivity contribution in [2.75, 3.05) is 5.32 Å². The summed E-state index contributed by atoms with van der Waals surface area (Å²) in [5.41, 5.74) is 1.87. The van der Waals surface area contributed by atoms with E-state index in [1.54, 1.807) is 19.2 Å². The first kappa shape index (κ1) is 12.6. The maximum atomic E-state index is 11.0. The van der Waals surface area contributed by atoms with Crippen LogP contribution in [0.3, 0.4) is 0 Å². The lowest BCUT2D eigenvalue weighted by Gasteiger charge is -2.10. The zero-order valence-corrected chi connectivity index (χ0v) is 10.7. The molecule has 2 aromatic rings. The zero-order chi connectivity index (χ0) is 13.0. The second-order valence-electron chi connectivity index (χ2n) is 3.98. The summed E-state index contributed by atoms with van der Waals surface area (Å²) < 4.78 is 0. The number of Topliss-reactive ketones (excluding diaryl/α,β-unsaturated/α-hetero) is 1. The van der Waals surface area contributed by atoms with E-state index in [9.17, 15) is 4.79 Å². The summed E-state index contributed by atoms with van der Waals surface area (Å²) in [6.45, 7) is 1.58. The summed E-state index contributed by atoms with van der Waals surface area (Å²) in [5, 5.41) is 14.0. The number of rotatable bonds is 5. The number of nitrogens with zero attached hydrogens (tertiary/aromatic N) is 2. The predicted octanol–water partition coefficient (Wildman–Crippen LogP) is 2.72. The van der Waals surface area contributed by atoms with E-state index >= 15 is 0 Å². The van der Waals surface area contributed by atoms with Crippen molar-refractivity contribution < 1.29 is 4.79 Å². The molecule has 0 aliphatic heterocycles. The van der Waals surface area contributed by atoms with Crippen LogP contribution in [0.25, 0.3) is 0 Å². The minimum absolute atomic E-state index is 0.155. The Kier molecular flexibility index (Phi) is 3.94. The van der Waals surface area contributed by atoms with Crippen LogP contribution in [-0.2, 0) is 11.2 Å². The fourth-order valence-electron chi connectivity index (χ4n) is 1.60. The van der Waals surface area contributed by atoms with Crippen LogP contribution in [0.2, 0.25) is 5.02 Å². The van der Waals surface area contributed by atoms with E-state index in [2.05, 4.69) is 20.7 Å². The third-order valence-electron chi connectivity index (χ3n) is 2.49. The first-order chi connectivity index (χ1) is 8.65. The molecule has 2 rings (SSSR count). The van der Waals surface area contributed by atoms with Gasteiger partial charge >= 0.3 is 0 Å². The van der Waals surface area contributed by atoms with Crippen LogP contribution in [-0.4, -0.2) is 21.2 Å². The number of H-pyrrole nitrogens is 1. The Bertz CT molecular complexity index is 539. The molecule has 6 heteroatoms. The van der Waals surface area contributed by atoms with Crippen molar-refractivity contribution in [2.24, 2.45) is 0 Å². The Hall–Kier alpha value is -1.88. The van der Waals surface area contributed by atoms with Gasteiger partial charge in [0.15, 0.2) is 5.82 Å². The number of anilines is 2. The van der Waals surface area contributed by atoms with Gasteiger partial charge in [0, 0.05) is 17.1 Å². The summed E-state index contributed by atoms with van der Waals surface area (Å²) in [6.07, 6.45) is 2.73. The van der Waals surface area contributed by atoms with E-state index in [0.717, 1.165) is 11.3 Å². The molecule has 94 valence electrons. The van der Waals surface area contributed by atoms with Gasteiger partial charge in [-0.3, -0.25) is 0 Å². The van der Waals surface area contributed by atoms with Crippen LogP contribution in [0.4, 0.5) is 11.5 Å². The van der Waals surface area contributed by atoms with Gasteiger partial charge in [-0.25, -0.2) is 0 Å². The highest BCUT2D eigenvalue weighted by molar-refractivity contribution is 6.30. The molecule has 0 atom stereocenters. The van der Waals surface area contributed by atoms with Gasteiger partial charge < -0.3 is 10.1 Å². The van der Waals surface area contributed by atoms with Crippen LogP contribution < -0.4 is 5.32 Å². The van der Waals surface area contributed by atoms with E-state index in [1.807, 2.05) is 12.1 Å². The molecule has 0 amide bonds. The van der Waals surface area contributed by atoms with Crippen molar-refractivity contribution in [3.05, 3.63) is 35.0 Å². The summed E-state index contributed by atoms with van der Waals surface area (Å²) in [7, 11) is 0. The Balaban J connectivity index is 2.20. The Morgan fingerprint density at radius 1 is 1.50 bits per heavy atom. The summed E-state index contributed by atoms with van der Waals surface area (Å²) in [4.78, 5) is 11.0. The van der Waals surface area contributed by atoms with E-state index in [4.69, 9.17) is 11.6 Å². The highest BCUT2D eigenvalue weighted by atomic mass is 35.5. The van der Waals surface area contributed by atoms with E-state index < -0.39 is 0 Å². The number of aromatic nitrogens is 3. The Labute approximate surface area is 110 Å². The van der Waals surface area contributed by atoms with Gasteiger partial charge in [-0.1, -0.05) is 11.6 Å². The Morgan fingerprint density at radius 3 is 3.00 bits per heavy atom. The van der Waals surface area contributed by atoms with E-state index in [1.165, 1.54) is 0 Å². The molecule has 0 bridgehead atoms. The summed E-state index contributed by atoms with van der Waals surface area (Å²) in [5.74, 6) is 0.781. The van der Waals surface area contributed by atoms with Crippen LogP contribution in [0, 0.1) is 0 Å². The first-order valence-corrected chi connectivity index (χ1v) is 5.93. The number of aromatic amines is 1. The lowest BCUT2D eigenvalue weighted by Crippen LogP contribution is -1.99. The molecule has 0 unspecified atom stereocenters. The molecule has 1 heterocycles. The highest BCUT2D eigenvalue weighted by Gasteiger charge is 2.06. The number of hydrogen-bond acceptors (Lipinski definition) is 4. The smallest absolute Gasteiger partial charge is 0.172 e. The van der Waals surface area contributed by atoms with Gasteiger partial charge in [0.25, 0.3) is 0 Å².